The number of carbonyl (C=O) groups is 1. The molecule has 0 saturated heterocycles. The highest BCUT2D eigenvalue weighted by Crippen LogP contribution is 2.37. The number of nitrogens with zero attached hydrogens (tertiary/aromatic N) is 2. The Labute approximate surface area is 93.2 Å². The van der Waals surface area contributed by atoms with Gasteiger partial charge in [-0.25, -0.2) is 0 Å². The van der Waals surface area contributed by atoms with E-state index >= 15 is 0 Å². The highest BCUT2D eigenvalue weighted by atomic mass is 32.2. The molecule has 15 heavy (non-hydrogen) atoms. The first-order valence-corrected chi connectivity index (χ1v) is 6.69. The Hall–Kier alpha value is -0.770. The summed E-state index contributed by atoms with van der Waals surface area (Å²) >= 11 is 1.89. The van der Waals surface area contributed by atoms with Crippen LogP contribution in [0.15, 0.2) is 0 Å². The van der Waals surface area contributed by atoms with Crippen molar-refractivity contribution in [1.82, 2.24) is 9.78 Å². The Balaban J connectivity index is 2.03. The van der Waals surface area contributed by atoms with Gasteiger partial charge in [-0.05, 0) is 12.8 Å². The maximum absolute atomic E-state index is 10.9. The molecule has 1 saturated carbocycles. The zero-order chi connectivity index (χ0) is 10.3. The Kier molecular flexibility index (Phi) is 2.31. The fourth-order valence-corrected chi connectivity index (χ4v) is 3.75. The molecule has 0 amide bonds. The summed E-state index contributed by atoms with van der Waals surface area (Å²) in [6.45, 7) is 0. The number of hydrogen-bond acceptors (Lipinski definition) is 3. The quantitative estimate of drug-likeness (QED) is 0.721. The smallest absolute Gasteiger partial charge is 0.170 e. The molecule has 1 fully saturated rings. The zero-order valence-corrected chi connectivity index (χ0v) is 9.42. The number of rotatable bonds is 2. The summed E-state index contributed by atoms with van der Waals surface area (Å²) in [4.78, 5) is 10.9. The summed E-state index contributed by atoms with van der Waals surface area (Å²) in [5.74, 6) is 2.00. The lowest BCUT2D eigenvalue weighted by Gasteiger charge is -2.12. The van der Waals surface area contributed by atoms with Gasteiger partial charge < -0.3 is 0 Å². The average Bonchev–Trinajstić information content (AvgIpc) is 2.94. The highest BCUT2D eigenvalue weighted by molar-refractivity contribution is 7.98. The van der Waals surface area contributed by atoms with Crippen LogP contribution in [0.5, 0.6) is 0 Å². The first-order valence-electron chi connectivity index (χ1n) is 5.53. The van der Waals surface area contributed by atoms with Crippen LogP contribution in [0, 0.1) is 0 Å². The maximum Gasteiger partial charge on any atom is 0.170 e. The molecule has 1 aliphatic heterocycles. The van der Waals surface area contributed by atoms with Crippen LogP contribution in [-0.4, -0.2) is 16.1 Å². The molecule has 0 radical (unpaired) electrons. The fraction of sp³-hybridized carbons (Fsp3) is 0.636. The fourth-order valence-electron chi connectivity index (χ4n) is 2.63. The molecule has 0 unspecified atom stereocenters. The van der Waals surface area contributed by atoms with Gasteiger partial charge in [0, 0.05) is 17.1 Å². The first-order chi connectivity index (χ1) is 7.40. The third-order valence-electron chi connectivity index (χ3n) is 3.42. The number of thioether (sulfide) groups is 1. The molecule has 2 heterocycles. The summed E-state index contributed by atoms with van der Waals surface area (Å²) in [6, 6.07) is 0.561. The Morgan fingerprint density at radius 2 is 2.13 bits per heavy atom. The van der Waals surface area contributed by atoms with Gasteiger partial charge in [-0.15, -0.1) is 0 Å². The minimum Gasteiger partial charge on any atom is -0.296 e. The van der Waals surface area contributed by atoms with E-state index in [1.165, 1.54) is 36.9 Å². The molecule has 0 N–H and O–H groups in total. The Morgan fingerprint density at radius 1 is 1.33 bits per heavy atom. The Morgan fingerprint density at radius 3 is 2.87 bits per heavy atom. The monoisotopic (exact) mass is 222 g/mol. The number of fused-ring (bicyclic) bond motifs is 1. The van der Waals surface area contributed by atoms with Crippen molar-refractivity contribution in [1.29, 1.82) is 0 Å². The van der Waals surface area contributed by atoms with Crippen LogP contribution in [0.3, 0.4) is 0 Å². The lowest BCUT2D eigenvalue weighted by Crippen LogP contribution is -2.09. The lowest BCUT2D eigenvalue weighted by molar-refractivity contribution is 0.111. The van der Waals surface area contributed by atoms with Crippen LogP contribution in [-0.2, 0) is 11.5 Å². The predicted octanol–water partition coefficient (Wildman–Crippen LogP) is 2.56. The van der Waals surface area contributed by atoms with E-state index in [-0.39, 0.29) is 0 Å². The van der Waals surface area contributed by atoms with Gasteiger partial charge in [0.05, 0.1) is 11.7 Å². The molecule has 4 heteroatoms. The molecule has 0 spiro atoms. The van der Waals surface area contributed by atoms with Gasteiger partial charge in [0.15, 0.2) is 6.29 Å². The lowest BCUT2D eigenvalue weighted by atomic mass is 10.2. The van der Waals surface area contributed by atoms with Crippen molar-refractivity contribution in [3.8, 4) is 0 Å². The summed E-state index contributed by atoms with van der Waals surface area (Å²) in [7, 11) is 0. The van der Waals surface area contributed by atoms with Crippen LogP contribution in [0.1, 0.15) is 53.5 Å². The van der Waals surface area contributed by atoms with Gasteiger partial charge in [-0.3, -0.25) is 9.48 Å². The van der Waals surface area contributed by atoms with Crippen LogP contribution in [0.4, 0.5) is 0 Å². The minimum atomic E-state index is 0.561. The number of hydrogen-bond donors (Lipinski definition) is 0. The second kappa shape index (κ2) is 3.67. The van der Waals surface area contributed by atoms with Crippen LogP contribution < -0.4 is 0 Å². The van der Waals surface area contributed by atoms with Gasteiger partial charge in [0.1, 0.15) is 5.69 Å². The molecular formula is C11H14N2OS. The van der Waals surface area contributed by atoms with Crippen molar-refractivity contribution < 1.29 is 4.79 Å². The van der Waals surface area contributed by atoms with E-state index in [9.17, 15) is 4.79 Å². The van der Waals surface area contributed by atoms with E-state index in [2.05, 4.69) is 9.78 Å². The third-order valence-corrected chi connectivity index (χ3v) is 4.39. The Bertz CT molecular complexity index is 394. The standard InChI is InChI=1S/C11H14N2OS/c14-5-10-9-6-15-7-11(9)13(12-10)8-3-1-2-4-8/h5,8H,1-4,6-7H2. The van der Waals surface area contributed by atoms with E-state index in [4.69, 9.17) is 0 Å². The van der Waals surface area contributed by atoms with E-state index in [0.717, 1.165) is 17.8 Å². The van der Waals surface area contributed by atoms with Crippen molar-refractivity contribution in [2.24, 2.45) is 0 Å². The molecular weight excluding hydrogens is 208 g/mol. The van der Waals surface area contributed by atoms with E-state index in [0.29, 0.717) is 11.7 Å². The van der Waals surface area contributed by atoms with Gasteiger partial charge in [-0.2, -0.15) is 16.9 Å². The first kappa shape index (κ1) is 9.46. The van der Waals surface area contributed by atoms with Crippen molar-refractivity contribution in [2.45, 2.75) is 43.2 Å². The van der Waals surface area contributed by atoms with Crippen LogP contribution in [0.25, 0.3) is 0 Å². The number of aromatic nitrogens is 2. The molecule has 80 valence electrons. The van der Waals surface area contributed by atoms with Crippen molar-refractivity contribution in [3.63, 3.8) is 0 Å². The summed E-state index contributed by atoms with van der Waals surface area (Å²) < 4.78 is 2.14. The van der Waals surface area contributed by atoms with Gasteiger partial charge in [0.25, 0.3) is 0 Å². The van der Waals surface area contributed by atoms with Crippen molar-refractivity contribution in [3.05, 3.63) is 17.0 Å². The van der Waals surface area contributed by atoms with E-state index in [1.54, 1.807) is 0 Å². The largest absolute Gasteiger partial charge is 0.296 e. The van der Waals surface area contributed by atoms with Crippen LogP contribution in [0.2, 0.25) is 0 Å². The topological polar surface area (TPSA) is 34.9 Å². The summed E-state index contributed by atoms with van der Waals surface area (Å²) in [6.07, 6.45) is 6.00. The second-order valence-electron chi connectivity index (χ2n) is 4.30. The SMILES string of the molecule is O=Cc1nn(C2CCCC2)c2c1CSC2. The number of carbonyl (C=O) groups excluding carboxylic acids is 1. The molecule has 1 aromatic rings. The van der Waals surface area contributed by atoms with Gasteiger partial charge in [0.2, 0.25) is 0 Å². The molecule has 3 nitrogen and oxygen atoms in total. The number of aldehydes is 1. The third kappa shape index (κ3) is 1.42. The molecule has 1 aromatic heterocycles. The second-order valence-corrected chi connectivity index (χ2v) is 5.29. The van der Waals surface area contributed by atoms with Crippen molar-refractivity contribution >= 4 is 18.0 Å². The van der Waals surface area contributed by atoms with E-state index in [1.807, 2.05) is 11.8 Å². The van der Waals surface area contributed by atoms with Gasteiger partial charge >= 0.3 is 0 Å². The maximum atomic E-state index is 10.9. The zero-order valence-electron chi connectivity index (χ0n) is 8.61. The average molecular weight is 222 g/mol. The molecule has 2 aliphatic rings. The normalized spacial score (nSPS) is 20.8. The summed E-state index contributed by atoms with van der Waals surface area (Å²) in [5, 5.41) is 4.47. The molecule has 1 aliphatic carbocycles. The molecule has 0 bridgehead atoms. The van der Waals surface area contributed by atoms with Gasteiger partial charge in [-0.1, -0.05) is 12.8 Å². The van der Waals surface area contributed by atoms with Crippen molar-refractivity contribution in [2.75, 3.05) is 0 Å². The minimum absolute atomic E-state index is 0.561. The van der Waals surface area contributed by atoms with Crippen LogP contribution >= 0.6 is 11.8 Å². The molecule has 0 atom stereocenters. The molecule has 3 rings (SSSR count). The molecule has 0 aromatic carbocycles. The van der Waals surface area contributed by atoms with E-state index < -0.39 is 0 Å². The summed E-state index contributed by atoms with van der Waals surface area (Å²) in [5.41, 5.74) is 3.19. The highest BCUT2D eigenvalue weighted by Gasteiger charge is 2.27. The predicted molar refractivity (Wildman–Crippen MR) is 60.1 cm³/mol.